The largest absolute Gasteiger partial charge is 0.494 e. The van der Waals surface area contributed by atoms with Gasteiger partial charge in [0, 0.05) is 11.5 Å². The van der Waals surface area contributed by atoms with Crippen molar-refractivity contribution in [2.24, 2.45) is 11.8 Å². The zero-order valence-electron chi connectivity index (χ0n) is 13.8. The maximum absolute atomic E-state index is 6.22. The lowest BCUT2D eigenvalue weighted by atomic mass is 9.79. The van der Waals surface area contributed by atoms with Gasteiger partial charge in [0.2, 0.25) is 0 Å². The van der Waals surface area contributed by atoms with Crippen LogP contribution < -0.4 is 16.0 Å². The SMILES string of the molecule is CCOc1ccccc1C(NN)C1CC(C)(C)OC1(C)C. The number of nitrogens with two attached hydrogens (primary N) is 1. The second-order valence-corrected chi connectivity index (χ2v) is 6.89. The Morgan fingerprint density at radius 2 is 2.00 bits per heavy atom. The lowest BCUT2D eigenvalue weighted by Crippen LogP contribution is -2.41. The Hall–Kier alpha value is -1.10. The Labute approximate surface area is 128 Å². The van der Waals surface area contributed by atoms with Gasteiger partial charge in [-0.05, 0) is 47.1 Å². The molecule has 1 aliphatic rings. The number of para-hydroxylation sites is 1. The van der Waals surface area contributed by atoms with E-state index in [1.54, 1.807) is 0 Å². The molecule has 4 heteroatoms. The average Bonchev–Trinajstić information content (AvgIpc) is 2.61. The van der Waals surface area contributed by atoms with Gasteiger partial charge in [0.15, 0.2) is 0 Å². The zero-order chi connectivity index (χ0) is 15.7. The number of hydrogen-bond acceptors (Lipinski definition) is 4. The van der Waals surface area contributed by atoms with Gasteiger partial charge in [-0.25, -0.2) is 0 Å². The third-order valence-electron chi connectivity index (χ3n) is 4.28. The summed E-state index contributed by atoms with van der Waals surface area (Å²) in [5.74, 6) is 7.07. The molecule has 0 saturated carbocycles. The van der Waals surface area contributed by atoms with Crippen molar-refractivity contribution in [3.05, 3.63) is 29.8 Å². The highest BCUT2D eigenvalue weighted by molar-refractivity contribution is 5.37. The summed E-state index contributed by atoms with van der Waals surface area (Å²) in [4.78, 5) is 0. The highest BCUT2D eigenvalue weighted by Gasteiger charge is 2.49. The third-order valence-corrected chi connectivity index (χ3v) is 4.28. The molecule has 4 nitrogen and oxygen atoms in total. The summed E-state index contributed by atoms with van der Waals surface area (Å²) >= 11 is 0. The summed E-state index contributed by atoms with van der Waals surface area (Å²) in [7, 11) is 0. The lowest BCUT2D eigenvalue weighted by molar-refractivity contribution is -0.0779. The highest BCUT2D eigenvalue weighted by atomic mass is 16.5. The number of benzene rings is 1. The Morgan fingerprint density at radius 1 is 1.33 bits per heavy atom. The van der Waals surface area contributed by atoms with Gasteiger partial charge in [0.1, 0.15) is 5.75 Å². The Morgan fingerprint density at radius 3 is 2.52 bits per heavy atom. The number of rotatable bonds is 5. The molecule has 2 unspecified atom stereocenters. The van der Waals surface area contributed by atoms with E-state index in [-0.39, 0.29) is 23.2 Å². The molecule has 0 amide bonds. The van der Waals surface area contributed by atoms with Crippen molar-refractivity contribution in [1.29, 1.82) is 0 Å². The predicted octanol–water partition coefficient (Wildman–Crippen LogP) is 3.18. The van der Waals surface area contributed by atoms with Crippen LogP contribution in [0.4, 0.5) is 0 Å². The van der Waals surface area contributed by atoms with Crippen LogP contribution in [0.5, 0.6) is 5.75 Å². The molecule has 1 heterocycles. The quantitative estimate of drug-likeness (QED) is 0.646. The van der Waals surface area contributed by atoms with Gasteiger partial charge < -0.3 is 9.47 Å². The zero-order valence-corrected chi connectivity index (χ0v) is 13.8. The summed E-state index contributed by atoms with van der Waals surface area (Å²) in [6.07, 6.45) is 0.954. The highest BCUT2D eigenvalue weighted by Crippen LogP contribution is 2.48. The predicted molar refractivity (Wildman–Crippen MR) is 85.0 cm³/mol. The number of hydrogen-bond donors (Lipinski definition) is 2. The normalized spacial score (nSPS) is 24.8. The molecule has 0 aliphatic carbocycles. The monoisotopic (exact) mass is 292 g/mol. The molecule has 2 rings (SSSR count). The van der Waals surface area contributed by atoms with Crippen molar-refractivity contribution < 1.29 is 9.47 Å². The van der Waals surface area contributed by atoms with Crippen molar-refractivity contribution in [2.75, 3.05) is 6.61 Å². The average molecular weight is 292 g/mol. The fourth-order valence-electron chi connectivity index (χ4n) is 3.57. The molecule has 0 radical (unpaired) electrons. The fourth-order valence-corrected chi connectivity index (χ4v) is 3.57. The number of nitrogens with one attached hydrogen (secondary N) is 1. The molecule has 1 aromatic carbocycles. The maximum Gasteiger partial charge on any atom is 0.124 e. The van der Waals surface area contributed by atoms with Gasteiger partial charge in [-0.2, -0.15) is 0 Å². The van der Waals surface area contributed by atoms with Crippen LogP contribution in [-0.2, 0) is 4.74 Å². The Balaban J connectivity index is 2.36. The van der Waals surface area contributed by atoms with E-state index in [0.29, 0.717) is 6.61 Å². The van der Waals surface area contributed by atoms with Crippen molar-refractivity contribution in [3.63, 3.8) is 0 Å². The van der Waals surface area contributed by atoms with E-state index in [4.69, 9.17) is 15.3 Å². The molecular weight excluding hydrogens is 264 g/mol. The van der Waals surface area contributed by atoms with Crippen molar-refractivity contribution in [1.82, 2.24) is 5.43 Å². The summed E-state index contributed by atoms with van der Waals surface area (Å²) in [5, 5.41) is 0. The van der Waals surface area contributed by atoms with Crippen molar-refractivity contribution in [2.45, 2.75) is 58.3 Å². The van der Waals surface area contributed by atoms with E-state index in [9.17, 15) is 0 Å². The summed E-state index contributed by atoms with van der Waals surface area (Å²) in [5.41, 5.74) is 3.72. The molecule has 118 valence electrons. The van der Waals surface area contributed by atoms with Crippen LogP contribution in [0.1, 0.15) is 52.6 Å². The van der Waals surface area contributed by atoms with Crippen LogP contribution in [0.3, 0.4) is 0 Å². The first-order valence-corrected chi connectivity index (χ1v) is 7.69. The second kappa shape index (κ2) is 5.95. The van der Waals surface area contributed by atoms with Gasteiger partial charge in [0.05, 0.1) is 23.9 Å². The Bertz CT molecular complexity index is 485. The topological polar surface area (TPSA) is 56.5 Å². The van der Waals surface area contributed by atoms with Crippen molar-refractivity contribution >= 4 is 0 Å². The molecule has 0 spiro atoms. The molecule has 0 aromatic heterocycles. The van der Waals surface area contributed by atoms with Crippen LogP contribution in [0, 0.1) is 5.92 Å². The summed E-state index contributed by atoms with van der Waals surface area (Å²) < 4.78 is 12.0. The molecule has 2 atom stereocenters. The standard InChI is InChI=1S/C17H28N2O2/c1-6-20-14-10-8-7-9-12(14)15(19-18)13-11-16(2,3)21-17(13,4)5/h7-10,13,15,19H,6,11,18H2,1-5H3. The van der Waals surface area contributed by atoms with Gasteiger partial charge in [-0.1, -0.05) is 18.2 Å². The molecule has 21 heavy (non-hydrogen) atoms. The minimum atomic E-state index is -0.236. The van der Waals surface area contributed by atoms with E-state index in [0.717, 1.165) is 17.7 Å². The minimum Gasteiger partial charge on any atom is -0.494 e. The smallest absolute Gasteiger partial charge is 0.124 e. The van der Waals surface area contributed by atoms with Crippen LogP contribution >= 0.6 is 0 Å². The van der Waals surface area contributed by atoms with Gasteiger partial charge in [0.25, 0.3) is 0 Å². The van der Waals surface area contributed by atoms with Gasteiger partial charge in [-0.15, -0.1) is 0 Å². The van der Waals surface area contributed by atoms with Gasteiger partial charge in [-0.3, -0.25) is 11.3 Å². The summed E-state index contributed by atoms with van der Waals surface area (Å²) in [6, 6.07) is 8.09. The first kappa shape index (κ1) is 16.3. The van der Waals surface area contributed by atoms with Crippen LogP contribution in [0.15, 0.2) is 24.3 Å². The fraction of sp³-hybridized carbons (Fsp3) is 0.647. The van der Waals surface area contributed by atoms with Crippen LogP contribution in [-0.4, -0.2) is 17.8 Å². The van der Waals surface area contributed by atoms with Crippen LogP contribution in [0.2, 0.25) is 0 Å². The van der Waals surface area contributed by atoms with E-state index in [1.807, 2.05) is 25.1 Å². The first-order chi connectivity index (χ1) is 9.80. The van der Waals surface area contributed by atoms with Gasteiger partial charge >= 0.3 is 0 Å². The molecule has 3 N–H and O–H groups in total. The van der Waals surface area contributed by atoms with Crippen LogP contribution in [0.25, 0.3) is 0 Å². The van der Waals surface area contributed by atoms with Crippen molar-refractivity contribution in [3.8, 4) is 5.75 Å². The minimum absolute atomic E-state index is 0.00419. The second-order valence-electron chi connectivity index (χ2n) is 6.89. The molecule has 1 aromatic rings. The van der Waals surface area contributed by atoms with E-state index in [2.05, 4.69) is 39.2 Å². The third kappa shape index (κ3) is 3.39. The van der Waals surface area contributed by atoms with E-state index >= 15 is 0 Å². The lowest BCUT2D eigenvalue weighted by Gasteiger charge is -2.33. The summed E-state index contributed by atoms with van der Waals surface area (Å²) in [6.45, 7) is 11.2. The molecule has 1 saturated heterocycles. The molecular formula is C17H28N2O2. The molecule has 0 bridgehead atoms. The number of hydrazine groups is 1. The van der Waals surface area contributed by atoms with E-state index < -0.39 is 0 Å². The molecule has 1 aliphatic heterocycles. The molecule has 1 fully saturated rings. The first-order valence-electron chi connectivity index (χ1n) is 7.69. The maximum atomic E-state index is 6.22. The van der Waals surface area contributed by atoms with E-state index in [1.165, 1.54) is 0 Å². The Kier molecular flexibility index (Phi) is 4.61. The number of ether oxygens (including phenoxy) is 2.